The molecule has 3 nitrogen and oxygen atoms in total. The van der Waals surface area contributed by atoms with Gasteiger partial charge in [-0.15, -0.1) is 23.5 Å². The summed E-state index contributed by atoms with van der Waals surface area (Å²) in [7, 11) is 0. The molecular weight excluding hydrogens is 338 g/mol. The van der Waals surface area contributed by atoms with Gasteiger partial charge in [-0.05, 0) is 35.9 Å². The molecule has 1 saturated heterocycles. The van der Waals surface area contributed by atoms with Crippen LogP contribution in [0.15, 0.2) is 42.5 Å². The summed E-state index contributed by atoms with van der Waals surface area (Å²) in [5.41, 5.74) is 2.08. The zero-order valence-electron chi connectivity index (χ0n) is 11.6. The molecule has 0 saturated carbocycles. The molecule has 0 aliphatic carbocycles. The number of halogens is 1. The van der Waals surface area contributed by atoms with Crippen LogP contribution in [0.3, 0.4) is 0 Å². The minimum Gasteiger partial charge on any atom is -0.507 e. The van der Waals surface area contributed by atoms with Crippen LogP contribution in [0, 0.1) is 0 Å². The Hall–Kier alpha value is -1.30. The summed E-state index contributed by atoms with van der Waals surface area (Å²) >= 11 is 9.71. The van der Waals surface area contributed by atoms with Crippen molar-refractivity contribution in [1.82, 2.24) is 0 Å². The molecule has 0 unspecified atom stereocenters. The Morgan fingerprint density at radius 2 is 1.95 bits per heavy atom. The third kappa shape index (κ3) is 3.54. The molecular formula is C16H14ClNO2S2. The molecule has 0 spiro atoms. The van der Waals surface area contributed by atoms with Crippen molar-refractivity contribution < 1.29 is 9.90 Å². The van der Waals surface area contributed by atoms with Crippen LogP contribution in [0.25, 0.3) is 0 Å². The number of carbonyl (C=O) groups is 1. The number of carbonyl (C=O) groups excluding carboxylic acids is 1. The van der Waals surface area contributed by atoms with Gasteiger partial charge >= 0.3 is 0 Å². The predicted molar refractivity (Wildman–Crippen MR) is 95.2 cm³/mol. The van der Waals surface area contributed by atoms with Crippen molar-refractivity contribution >= 4 is 46.7 Å². The Morgan fingerprint density at radius 3 is 2.73 bits per heavy atom. The van der Waals surface area contributed by atoms with E-state index in [1.807, 2.05) is 41.7 Å². The average Bonchev–Trinajstić information content (AvgIpc) is 3.04. The Kier molecular flexibility index (Phi) is 4.86. The minimum absolute atomic E-state index is 0.0834. The van der Waals surface area contributed by atoms with Crippen LogP contribution in [-0.4, -0.2) is 22.5 Å². The topological polar surface area (TPSA) is 49.3 Å². The van der Waals surface area contributed by atoms with Crippen molar-refractivity contribution in [3.63, 3.8) is 0 Å². The highest BCUT2D eigenvalue weighted by atomic mass is 35.5. The van der Waals surface area contributed by atoms with Crippen molar-refractivity contribution in [2.75, 3.05) is 16.8 Å². The second-order valence-electron chi connectivity index (χ2n) is 4.81. The van der Waals surface area contributed by atoms with Crippen molar-refractivity contribution in [3.05, 3.63) is 58.6 Å². The van der Waals surface area contributed by atoms with Crippen LogP contribution in [0.5, 0.6) is 5.75 Å². The normalized spacial score (nSPS) is 15.0. The van der Waals surface area contributed by atoms with Crippen molar-refractivity contribution in [2.45, 2.75) is 4.58 Å². The van der Waals surface area contributed by atoms with Crippen molar-refractivity contribution in [1.29, 1.82) is 0 Å². The van der Waals surface area contributed by atoms with Gasteiger partial charge in [0, 0.05) is 22.2 Å². The first-order valence-corrected chi connectivity index (χ1v) is 9.24. The fourth-order valence-electron chi connectivity index (χ4n) is 2.20. The Morgan fingerprint density at radius 1 is 1.18 bits per heavy atom. The molecule has 1 aliphatic rings. The van der Waals surface area contributed by atoms with E-state index in [4.69, 9.17) is 11.6 Å². The van der Waals surface area contributed by atoms with Gasteiger partial charge in [-0.2, -0.15) is 0 Å². The number of aromatic hydroxyl groups is 1. The number of amides is 1. The molecule has 114 valence electrons. The van der Waals surface area contributed by atoms with Gasteiger partial charge in [0.25, 0.3) is 5.91 Å². The number of nitrogens with one attached hydrogen (secondary N) is 1. The van der Waals surface area contributed by atoms with Crippen molar-refractivity contribution in [2.24, 2.45) is 0 Å². The maximum Gasteiger partial charge on any atom is 0.259 e. The van der Waals surface area contributed by atoms with E-state index in [1.54, 1.807) is 6.07 Å². The van der Waals surface area contributed by atoms with Crippen LogP contribution >= 0.6 is 35.1 Å². The van der Waals surface area contributed by atoms with Gasteiger partial charge in [-0.3, -0.25) is 4.79 Å². The Labute approximate surface area is 142 Å². The van der Waals surface area contributed by atoms with Crippen LogP contribution in [0.1, 0.15) is 20.5 Å². The molecule has 6 heteroatoms. The summed E-state index contributed by atoms with van der Waals surface area (Å²) in [6, 6.07) is 12.2. The maximum atomic E-state index is 12.3. The highest BCUT2D eigenvalue weighted by Crippen LogP contribution is 2.45. The number of phenolic OH excluding ortho intramolecular Hbond substituents is 1. The predicted octanol–water partition coefficient (Wildman–Crippen LogP) is 4.78. The lowest BCUT2D eigenvalue weighted by molar-refractivity contribution is 0.102. The van der Waals surface area contributed by atoms with Crippen LogP contribution in [0.4, 0.5) is 5.69 Å². The van der Waals surface area contributed by atoms with Crippen LogP contribution in [0.2, 0.25) is 5.02 Å². The quantitative estimate of drug-likeness (QED) is 0.835. The summed E-state index contributed by atoms with van der Waals surface area (Å²) in [5.74, 6) is 1.86. The number of hydrogen-bond donors (Lipinski definition) is 2. The summed E-state index contributed by atoms with van der Waals surface area (Å²) < 4.78 is 0.427. The lowest BCUT2D eigenvalue weighted by Crippen LogP contribution is -2.12. The fourth-order valence-corrected chi connectivity index (χ4v) is 5.21. The van der Waals surface area contributed by atoms with Gasteiger partial charge in [0.2, 0.25) is 0 Å². The van der Waals surface area contributed by atoms with Gasteiger partial charge in [0.05, 0.1) is 10.1 Å². The molecule has 1 fully saturated rings. The molecule has 3 rings (SSSR count). The third-order valence-corrected chi connectivity index (χ3v) is 6.58. The number of anilines is 1. The van der Waals surface area contributed by atoms with E-state index in [0.29, 0.717) is 9.60 Å². The Bertz CT molecular complexity index is 702. The van der Waals surface area contributed by atoms with E-state index in [-0.39, 0.29) is 17.2 Å². The number of rotatable bonds is 3. The summed E-state index contributed by atoms with van der Waals surface area (Å²) in [4.78, 5) is 12.3. The van der Waals surface area contributed by atoms with E-state index < -0.39 is 0 Å². The van der Waals surface area contributed by atoms with Gasteiger partial charge in [-0.25, -0.2) is 0 Å². The SMILES string of the molecule is O=C(Nc1cccc(C2SCCS2)c1)c1cc(Cl)ccc1O. The first kappa shape index (κ1) is 15.6. The first-order chi connectivity index (χ1) is 10.6. The molecule has 0 radical (unpaired) electrons. The monoisotopic (exact) mass is 351 g/mol. The van der Waals surface area contributed by atoms with Gasteiger partial charge in [0.15, 0.2) is 0 Å². The highest BCUT2D eigenvalue weighted by molar-refractivity contribution is 8.19. The first-order valence-electron chi connectivity index (χ1n) is 6.76. The van der Waals surface area contributed by atoms with E-state index in [9.17, 15) is 9.90 Å². The fraction of sp³-hybridized carbons (Fsp3) is 0.188. The van der Waals surface area contributed by atoms with Crippen LogP contribution in [-0.2, 0) is 0 Å². The molecule has 2 N–H and O–H groups in total. The lowest BCUT2D eigenvalue weighted by Gasteiger charge is -2.11. The smallest absolute Gasteiger partial charge is 0.259 e. The van der Waals surface area contributed by atoms with E-state index in [2.05, 4.69) is 11.4 Å². The Balaban J connectivity index is 1.79. The number of benzene rings is 2. The molecule has 2 aromatic rings. The van der Waals surface area contributed by atoms with E-state index in [0.717, 1.165) is 17.2 Å². The standard InChI is InChI=1S/C16H14ClNO2S2/c17-11-4-5-14(19)13(9-11)15(20)18-12-3-1-2-10(8-12)16-21-6-7-22-16/h1-5,8-9,16,19H,6-7H2,(H,18,20). The highest BCUT2D eigenvalue weighted by Gasteiger charge is 2.19. The maximum absolute atomic E-state index is 12.3. The van der Waals surface area contributed by atoms with Crippen LogP contribution < -0.4 is 5.32 Å². The van der Waals surface area contributed by atoms with Crippen molar-refractivity contribution in [3.8, 4) is 5.75 Å². The lowest BCUT2D eigenvalue weighted by atomic mass is 10.1. The number of phenols is 1. The zero-order valence-corrected chi connectivity index (χ0v) is 14.0. The molecule has 1 amide bonds. The second-order valence-corrected chi connectivity index (χ2v) is 7.98. The van der Waals surface area contributed by atoms with Gasteiger partial charge in [0.1, 0.15) is 5.75 Å². The third-order valence-electron chi connectivity index (χ3n) is 3.24. The second kappa shape index (κ2) is 6.86. The molecule has 0 bridgehead atoms. The summed E-state index contributed by atoms with van der Waals surface area (Å²) in [5, 5.41) is 13.0. The van der Waals surface area contributed by atoms with E-state index >= 15 is 0 Å². The number of hydrogen-bond acceptors (Lipinski definition) is 4. The largest absolute Gasteiger partial charge is 0.507 e. The molecule has 0 aromatic heterocycles. The summed E-state index contributed by atoms with van der Waals surface area (Å²) in [6.07, 6.45) is 0. The molecule has 1 heterocycles. The molecule has 0 atom stereocenters. The van der Waals surface area contributed by atoms with E-state index in [1.165, 1.54) is 17.7 Å². The van der Waals surface area contributed by atoms with Gasteiger partial charge in [-0.1, -0.05) is 23.7 Å². The zero-order chi connectivity index (χ0) is 15.5. The van der Waals surface area contributed by atoms with Gasteiger partial charge < -0.3 is 10.4 Å². The molecule has 1 aliphatic heterocycles. The minimum atomic E-state index is -0.371. The molecule has 22 heavy (non-hydrogen) atoms. The molecule has 2 aromatic carbocycles. The summed E-state index contributed by atoms with van der Waals surface area (Å²) in [6.45, 7) is 0. The number of thioether (sulfide) groups is 2. The average molecular weight is 352 g/mol.